The van der Waals surface area contributed by atoms with Gasteiger partial charge < -0.3 is 10.2 Å². The molecular formula is C22H40O2. The molecule has 0 saturated heterocycles. The normalized spacial score (nSPS) is 46.0. The van der Waals surface area contributed by atoms with Crippen molar-refractivity contribution >= 4 is 0 Å². The first-order chi connectivity index (χ1) is 11.4. The third-order valence-corrected chi connectivity index (χ3v) is 8.93. The molecule has 0 aromatic rings. The zero-order chi connectivity index (χ0) is 17.5. The lowest BCUT2D eigenvalue weighted by Gasteiger charge is -2.39. The van der Waals surface area contributed by atoms with Crippen LogP contribution in [-0.2, 0) is 0 Å². The molecule has 0 aliphatic heterocycles. The van der Waals surface area contributed by atoms with E-state index in [1.54, 1.807) is 0 Å². The summed E-state index contributed by atoms with van der Waals surface area (Å²) in [6.45, 7) is 9.94. The van der Waals surface area contributed by atoms with Crippen LogP contribution in [0.2, 0.25) is 0 Å². The van der Waals surface area contributed by atoms with Crippen LogP contribution >= 0.6 is 0 Å². The molecule has 5 unspecified atom stereocenters. The van der Waals surface area contributed by atoms with E-state index in [4.69, 9.17) is 0 Å². The molecule has 0 spiro atoms. The number of aliphatic hydroxyl groups excluding tert-OH is 2. The van der Waals surface area contributed by atoms with Gasteiger partial charge >= 0.3 is 0 Å². The fourth-order valence-corrected chi connectivity index (χ4v) is 7.14. The third kappa shape index (κ3) is 2.86. The smallest absolute Gasteiger partial charge is 0.0492 e. The summed E-state index contributed by atoms with van der Waals surface area (Å²) in [5.74, 6) is 4.91. The molecule has 24 heavy (non-hydrogen) atoms. The van der Waals surface area contributed by atoms with Crippen LogP contribution in [0.4, 0.5) is 0 Å². The van der Waals surface area contributed by atoms with Gasteiger partial charge in [-0.15, -0.1) is 0 Å². The second kappa shape index (κ2) is 6.91. The van der Waals surface area contributed by atoms with Crippen molar-refractivity contribution in [3.63, 3.8) is 0 Å². The Kier molecular flexibility index (Phi) is 5.39. The van der Waals surface area contributed by atoms with Crippen molar-refractivity contribution in [3.8, 4) is 0 Å². The highest BCUT2D eigenvalue weighted by atomic mass is 16.3. The van der Waals surface area contributed by atoms with Gasteiger partial charge in [0.05, 0.1) is 0 Å². The number of rotatable bonds is 4. The van der Waals surface area contributed by atoms with E-state index < -0.39 is 0 Å². The molecule has 2 heteroatoms. The number of hydrogen-bond donors (Lipinski definition) is 2. The van der Waals surface area contributed by atoms with E-state index in [2.05, 4.69) is 27.7 Å². The van der Waals surface area contributed by atoms with Gasteiger partial charge in [0.1, 0.15) is 0 Å². The van der Waals surface area contributed by atoms with Crippen LogP contribution in [0.1, 0.15) is 79.1 Å². The Balaban J connectivity index is 0.000000141. The molecule has 0 amide bonds. The van der Waals surface area contributed by atoms with E-state index in [-0.39, 0.29) is 0 Å². The van der Waals surface area contributed by atoms with Gasteiger partial charge in [-0.3, -0.25) is 0 Å². The summed E-state index contributed by atoms with van der Waals surface area (Å²) < 4.78 is 0. The Morgan fingerprint density at radius 3 is 1.21 bits per heavy atom. The molecule has 4 saturated carbocycles. The van der Waals surface area contributed by atoms with Crippen molar-refractivity contribution in [2.75, 3.05) is 13.2 Å². The van der Waals surface area contributed by atoms with Gasteiger partial charge in [0.25, 0.3) is 0 Å². The minimum Gasteiger partial charge on any atom is -0.396 e. The molecule has 4 aliphatic rings. The molecule has 0 aromatic heterocycles. The molecule has 2 N–H and O–H groups in total. The van der Waals surface area contributed by atoms with Crippen LogP contribution < -0.4 is 0 Å². The maximum atomic E-state index is 9.51. The van der Waals surface area contributed by atoms with E-state index in [1.165, 1.54) is 51.4 Å². The lowest BCUT2D eigenvalue weighted by Crippen LogP contribution is -2.36. The Morgan fingerprint density at radius 1 is 0.708 bits per heavy atom. The van der Waals surface area contributed by atoms with Crippen LogP contribution in [0, 0.1) is 46.3 Å². The molecule has 4 bridgehead atoms. The first kappa shape index (κ1) is 18.7. The molecule has 2 nitrogen and oxygen atoms in total. The van der Waals surface area contributed by atoms with Gasteiger partial charge in [0.2, 0.25) is 0 Å². The molecule has 0 radical (unpaired) electrons. The largest absolute Gasteiger partial charge is 0.396 e. The summed E-state index contributed by atoms with van der Waals surface area (Å²) in [6.07, 6.45) is 11.0. The van der Waals surface area contributed by atoms with Crippen molar-refractivity contribution < 1.29 is 10.2 Å². The molecule has 4 aliphatic carbocycles. The maximum Gasteiger partial charge on any atom is 0.0492 e. The number of hydrogen-bond acceptors (Lipinski definition) is 2. The summed E-state index contributed by atoms with van der Waals surface area (Å²) in [4.78, 5) is 0. The Labute approximate surface area is 149 Å². The molecule has 6 atom stereocenters. The average Bonchev–Trinajstić information content (AvgIpc) is 3.33. The van der Waals surface area contributed by atoms with Crippen molar-refractivity contribution in [3.05, 3.63) is 0 Å². The summed E-state index contributed by atoms with van der Waals surface area (Å²) >= 11 is 0. The number of fused-ring (bicyclic) bond motifs is 4. The zero-order valence-corrected chi connectivity index (χ0v) is 16.4. The second-order valence-corrected chi connectivity index (χ2v) is 10.3. The molecule has 4 fully saturated rings. The Morgan fingerprint density at radius 2 is 1.08 bits per heavy atom. The summed E-state index contributed by atoms with van der Waals surface area (Å²) in [5, 5.41) is 19.0. The van der Waals surface area contributed by atoms with Crippen molar-refractivity contribution in [2.24, 2.45) is 46.3 Å². The van der Waals surface area contributed by atoms with Crippen molar-refractivity contribution in [1.82, 2.24) is 0 Å². The standard InChI is InChI=1S/2C11H20O/c2*1-8(2)11(7-12)6-9-3-4-10(11)5-9/h2*8-10,12H,3-7H2,1-2H3/t9?,10?,11-;/m1./s1. The fourth-order valence-electron chi connectivity index (χ4n) is 7.14. The molecule has 0 heterocycles. The van der Waals surface area contributed by atoms with Crippen LogP contribution in [0.25, 0.3) is 0 Å². The quantitative estimate of drug-likeness (QED) is 0.768. The van der Waals surface area contributed by atoms with Gasteiger partial charge in [0.15, 0.2) is 0 Å². The van der Waals surface area contributed by atoms with E-state index in [0.29, 0.717) is 35.9 Å². The molecule has 4 rings (SSSR count). The monoisotopic (exact) mass is 336 g/mol. The SMILES string of the molecule is CC(C)C1(CO)CC2CCC1C2.CC(C)[C@]1(CO)CC2CCC1C2. The van der Waals surface area contributed by atoms with Crippen molar-refractivity contribution in [1.29, 1.82) is 0 Å². The van der Waals surface area contributed by atoms with Gasteiger partial charge in [-0.1, -0.05) is 40.5 Å². The van der Waals surface area contributed by atoms with Gasteiger partial charge in [-0.25, -0.2) is 0 Å². The van der Waals surface area contributed by atoms with Gasteiger partial charge in [-0.2, -0.15) is 0 Å². The summed E-state index contributed by atoms with van der Waals surface area (Å²) in [7, 11) is 0. The minimum absolute atomic E-state index is 0.308. The molecule has 0 aromatic carbocycles. The summed E-state index contributed by atoms with van der Waals surface area (Å²) in [6, 6.07) is 0. The minimum atomic E-state index is 0.308. The third-order valence-electron chi connectivity index (χ3n) is 8.93. The fraction of sp³-hybridized carbons (Fsp3) is 1.00. The number of aliphatic hydroxyl groups is 2. The van der Waals surface area contributed by atoms with E-state index in [0.717, 1.165) is 23.7 Å². The summed E-state index contributed by atoms with van der Waals surface area (Å²) in [5.41, 5.74) is 0.617. The van der Waals surface area contributed by atoms with E-state index in [1.807, 2.05) is 0 Å². The molecular weight excluding hydrogens is 296 g/mol. The highest BCUT2D eigenvalue weighted by Gasteiger charge is 2.52. The highest BCUT2D eigenvalue weighted by Crippen LogP contribution is 2.59. The van der Waals surface area contributed by atoms with Gasteiger partial charge in [0, 0.05) is 13.2 Å². The predicted molar refractivity (Wildman–Crippen MR) is 99.6 cm³/mol. The van der Waals surface area contributed by atoms with Crippen LogP contribution in [0.5, 0.6) is 0 Å². The molecule has 140 valence electrons. The lowest BCUT2D eigenvalue weighted by molar-refractivity contribution is 0.0207. The van der Waals surface area contributed by atoms with Crippen LogP contribution in [0.3, 0.4) is 0 Å². The Bertz CT molecular complexity index is 392. The Hall–Kier alpha value is -0.0800. The van der Waals surface area contributed by atoms with Crippen molar-refractivity contribution in [2.45, 2.75) is 79.1 Å². The maximum absolute atomic E-state index is 9.51. The van der Waals surface area contributed by atoms with Crippen LogP contribution in [-0.4, -0.2) is 23.4 Å². The van der Waals surface area contributed by atoms with Gasteiger partial charge in [-0.05, 0) is 84.9 Å². The highest BCUT2D eigenvalue weighted by molar-refractivity contribution is 5.02. The lowest BCUT2D eigenvalue weighted by atomic mass is 9.66. The van der Waals surface area contributed by atoms with Crippen LogP contribution in [0.15, 0.2) is 0 Å². The first-order valence-corrected chi connectivity index (χ1v) is 10.6. The van der Waals surface area contributed by atoms with E-state index >= 15 is 0 Å². The topological polar surface area (TPSA) is 40.5 Å². The second-order valence-electron chi connectivity index (χ2n) is 10.3. The first-order valence-electron chi connectivity index (χ1n) is 10.6. The zero-order valence-electron chi connectivity index (χ0n) is 16.4. The predicted octanol–water partition coefficient (Wildman–Crippen LogP) is 4.88. The average molecular weight is 337 g/mol. The van der Waals surface area contributed by atoms with E-state index in [9.17, 15) is 10.2 Å².